The van der Waals surface area contributed by atoms with Crippen LogP contribution in [0.25, 0.3) is 0 Å². The highest BCUT2D eigenvalue weighted by molar-refractivity contribution is 7.85. The van der Waals surface area contributed by atoms with Gasteiger partial charge in [-0.2, -0.15) is 8.42 Å². The van der Waals surface area contributed by atoms with E-state index in [2.05, 4.69) is 48.4 Å². The van der Waals surface area contributed by atoms with E-state index in [0.29, 0.717) is 5.92 Å². The van der Waals surface area contributed by atoms with Crippen LogP contribution >= 0.6 is 0 Å². The molecule has 0 heterocycles. The first kappa shape index (κ1) is 44.5. The summed E-state index contributed by atoms with van der Waals surface area (Å²) in [5.41, 5.74) is 1.45. The molecule has 1 aromatic carbocycles. The molecule has 0 saturated heterocycles. The molecule has 0 saturated carbocycles. The lowest BCUT2D eigenvalue weighted by Crippen LogP contribution is -1.95. The van der Waals surface area contributed by atoms with Crippen molar-refractivity contribution in [2.24, 2.45) is 0 Å². The monoisotopic (exact) mass is 396 g/mol. The van der Waals surface area contributed by atoms with E-state index in [-0.39, 0.29) is 14.9 Å². The maximum absolute atomic E-state index is 9.78. The summed E-state index contributed by atoms with van der Waals surface area (Å²) in [5, 5.41) is 0. The van der Waals surface area contributed by atoms with Crippen molar-refractivity contribution in [2.45, 2.75) is 96.4 Å². The molecule has 0 fully saturated rings. The number of benzene rings is 1. The first-order valence-electron chi connectivity index (χ1n) is 9.21. The smallest absolute Gasteiger partial charge is 0.264 e. The molecule has 1 aromatic rings. The SMILES string of the molecule is C.C.CC.CC.CC.CC.CCC(C)c1ccccc1.COS(C)(=O)=O. The first-order valence-corrected chi connectivity index (χ1v) is 11.0. The van der Waals surface area contributed by atoms with Crippen LogP contribution in [0.15, 0.2) is 30.3 Å². The van der Waals surface area contributed by atoms with Gasteiger partial charge in [-0.1, -0.05) is 114 Å². The normalized spacial score (nSPS) is 8.62. The van der Waals surface area contributed by atoms with Gasteiger partial charge in [0, 0.05) is 0 Å². The predicted octanol–water partition coefficient (Wildman–Crippen LogP) is 8.17. The minimum atomic E-state index is -3.16. The van der Waals surface area contributed by atoms with Crippen LogP contribution in [0.5, 0.6) is 0 Å². The van der Waals surface area contributed by atoms with E-state index in [1.165, 1.54) is 12.0 Å². The summed E-state index contributed by atoms with van der Waals surface area (Å²) in [5.74, 6) is 0.709. The van der Waals surface area contributed by atoms with Crippen LogP contribution in [0.3, 0.4) is 0 Å². The molecule has 0 spiro atoms. The Morgan fingerprint density at radius 2 is 1.12 bits per heavy atom. The molecule has 1 unspecified atom stereocenters. The van der Waals surface area contributed by atoms with Crippen LogP contribution in [-0.2, 0) is 14.3 Å². The van der Waals surface area contributed by atoms with Gasteiger partial charge in [0.15, 0.2) is 0 Å². The summed E-state index contributed by atoms with van der Waals surface area (Å²) in [7, 11) is -2.04. The molecule has 1 atom stereocenters. The standard InChI is InChI=1S/C10H14.C2H6O3S.4C2H6.2CH4/c1-3-9(2)10-7-5-4-6-8-10;1-5-6(2,3)4;4*1-2;;/h4-9H,3H2,1-2H3;1-2H3;4*1-2H3;2*1H4. The average Bonchev–Trinajstić information content (AvgIpc) is 2.68. The van der Waals surface area contributed by atoms with E-state index in [0.717, 1.165) is 13.4 Å². The second-order valence-electron chi connectivity index (χ2n) is 3.59. The van der Waals surface area contributed by atoms with Gasteiger partial charge in [-0.05, 0) is 17.9 Å². The molecule has 3 nitrogen and oxygen atoms in total. The van der Waals surface area contributed by atoms with Crippen LogP contribution in [0.4, 0.5) is 0 Å². The minimum absolute atomic E-state index is 0. The van der Waals surface area contributed by atoms with E-state index in [4.69, 9.17) is 0 Å². The van der Waals surface area contributed by atoms with Crippen LogP contribution in [-0.4, -0.2) is 21.8 Å². The molecule has 1 rings (SSSR count). The highest BCUT2D eigenvalue weighted by Gasteiger charge is 1.98. The molecule has 0 radical (unpaired) electrons. The van der Waals surface area contributed by atoms with Gasteiger partial charge in [0.25, 0.3) is 10.1 Å². The summed E-state index contributed by atoms with van der Waals surface area (Å²) in [4.78, 5) is 0. The van der Waals surface area contributed by atoms with Gasteiger partial charge in [-0.15, -0.1) is 0 Å². The van der Waals surface area contributed by atoms with Crippen molar-refractivity contribution in [3.8, 4) is 0 Å². The number of hydrogen-bond acceptors (Lipinski definition) is 3. The second-order valence-corrected chi connectivity index (χ2v) is 5.33. The van der Waals surface area contributed by atoms with Crippen molar-refractivity contribution in [3.63, 3.8) is 0 Å². The Hall–Kier alpha value is -0.870. The lowest BCUT2D eigenvalue weighted by molar-refractivity contribution is 0.403. The third-order valence-electron chi connectivity index (χ3n) is 2.28. The number of rotatable bonds is 3. The van der Waals surface area contributed by atoms with Gasteiger partial charge < -0.3 is 0 Å². The molecular formula is C22H52O3S. The zero-order chi connectivity index (χ0) is 20.6. The quantitative estimate of drug-likeness (QED) is 0.484. The van der Waals surface area contributed by atoms with Gasteiger partial charge in [-0.25, -0.2) is 0 Å². The highest BCUT2D eigenvalue weighted by Crippen LogP contribution is 2.16. The molecule has 26 heavy (non-hydrogen) atoms. The summed E-state index contributed by atoms with van der Waals surface area (Å²) in [6.07, 6.45) is 2.22. The molecule has 0 bridgehead atoms. The molecule has 164 valence electrons. The summed E-state index contributed by atoms with van der Waals surface area (Å²) < 4.78 is 23.5. The van der Waals surface area contributed by atoms with Gasteiger partial charge in [0.2, 0.25) is 0 Å². The highest BCUT2D eigenvalue weighted by atomic mass is 32.2. The zero-order valence-corrected chi connectivity index (χ0v) is 19.1. The Labute approximate surface area is 168 Å². The van der Waals surface area contributed by atoms with Crippen molar-refractivity contribution < 1.29 is 12.6 Å². The molecule has 0 aromatic heterocycles. The third kappa shape index (κ3) is 43.5. The van der Waals surface area contributed by atoms with E-state index >= 15 is 0 Å². The van der Waals surface area contributed by atoms with Gasteiger partial charge >= 0.3 is 0 Å². The Morgan fingerprint density at radius 3 is 1.31 bits per heavy atom. The van der Waals surface area contributed by atoms with Gasteiger partial charge in [0.1, 0.15) is 0 Å². The van der Waals surface area contributed by atoms with E-state index in [1.54, 1.807) is 0 Å². The minimum Gasteiger partial charge on any atom is -0.274 e. The van der Waals surface area contributed by atoms with Gasteiger partial charge in [0.05, 0.1) is 13.4 Å². The van der Waals surface area contributed by atoms with Crippen molar-refractivity contribution in [2.75, 3.05) is 13.4 Å². The van der Waals surface area contributed by atoms with E-state index in [9.17, 15) is 8.42 Å². The fourth-order valence-corrected chi connectivity index (χ4v) is 1.02. The van der Waals surface area contributed by atoms with Crippen molar-refractivity contribution in [3.05, 3.63) is 35.9 Å². The van der Waals surface area contributed by atoms with Crippen LogP contribution in [0.1, 0.15) is 102 Å². The molecule has 4 heteroatoms. The number of hydrogen-bond donors (Lipinski definition) is 0. The maximum Gasteiger partial charge on any atom is 0.264 e. The fraction of sp³-hybridized carbons (Fsp3) is 0.727. The predicted molar refractivity (Wildman–Crippen MR) is 126 cm³/mol. The van der Waals surface area contributed by atoms with E-state index < -0.39 is 10.1 Å². The molecule has 0 aliphatic rings. The Bertz CT molecular complexity index is 374. The van der Waals surface area contributed by atoms with Crippen LogP contribution in [0.2, 0.25) is 0 Å². The van der Waals surface area contributed by atoms with E-state index in [1.807, 2.05) is 55.4 Å². The maximum atomic E-state index is 9.78. The lowest BCUT2D eigenvalue weighted by Gasteiger charge is -2.06. The van der Waals surface area contributed by atoms with Crippen LogP contribution in [0, 0.1) is 0 Å². The largest absolute Gasteiger partial charge is 0.274 e. The molecule has 0 aliphatic carbocycles. The molecular weight excluding hydrogens is 344 g/mol. The first-order chi connectivity index (χ1) is 11.4. The molecule has 0 aliphatic heterocycles. The zero-order valence-electron chi connectivity index (χ0n) is 18.3. The molecule has 0 N–H and O–H groups in total. The lowest BCUT2D eigenvalue weighted by atomic mass is 9.99. The Kier molecular flexibility index (Phi) is 67.2. The second kappa shape index (κ2) is 39.3. The summed E-state index contributed by atoms with van der Waals surface area (Å²) in [6, 6.07) is 10.6. The van der Waals surface area contributed by atoms with Crippen molar-refractivity contribution in [1.29, 1.82) is 0 Å². The topological polar surface area (TPSA) is 43.4 Å². The fourth-order valence-electron chi connectivity index (χ4n) is 1.02. The Morgan fingerprint density at radius 1 is 0.846 bits per heavy atom. The van der Waals surface area contributed by atoms with Crippen molar-refractivity contribution in [1.82, 2.24) is 0 Å². The summed E-state index contributed by atoms with van der Waals surface area (Å²) >= 11 is 0. The Balaban J connectivity index is -0.0000000396. The van der Waals surface area contributed by atoms with Gasteiger partial charge in [-0.3, -0.25) is 4.18 Å². The summed E-state index contributed by atoms with van der Waals surface area (Å²) in [6.45, 7) is 20.5. The average molecular weight is 397 g/mol. The third-order valence-corrected chi connectivity index (χ3v) is 2.89. The van der Waals surface area contributed by atoms with Crippen LogP contribution < -0.4 is 0 Å². The molecule has 0 amide bonds. The van der Waals surface area contributed by atoms with Crippen molar-refractivity contribution >= 4 is 10.1 Å².